The number of hydrogen-bond acceptors (Lipinski definition) is 5. The fourth-order valence-electron chi connectivity index (χ4n) is 2.67. The van der Waals surface area contributed by atoms with Gasteiger partial charge < -0.3 is 4.74 Å². The Morgan fingerprint density at radius 2 is 1.92 bits per heavy atom. The predicted octanol–water partition coefficient (Wildman–Crippen LogP) is 3.52. The average Bonchev–Trinajstić information content (AvgIpc) is 2.94. The number of hydrogen-bond donors (Lipinski definition) is 0. The van der Waals surface area contributed by atoms with Crippen LogP contribution < -0.4 is 0 Å². The SMILES string of the molecule is CC(=O)OC1C=C(CCCCOS(=O)(=O)c2ccc(C)cc2)CC1. The first-order chi connectivity index (χ1) is 11.4. The van der Waals surface area contributed by atoms with Crippen LogP contribution in [-0.4, -0.2) is 27.1 Å². The van der Waals surface area contributed by atoms with Crippen molar-refractivity contribution in [2.45, 2.75) is 57.0 Å². The second-order valence-electron chi connectivity index (χ2n) is 6.06. The summed E-state index contributed by atoms with van der Waals surface area (Å²) in [5.74, 6) is -0.257. The Bertz CT molecular complexity index is 689. The Kier molecular flexibility index (Phi) is 6.57. The molecule has 2 rings (SSSR count). The number of carbonyl (C=O) groups is 1. The van der Waals surface area contributed by atoms with Gasteiger partial charge in [0.1, 0.15) is 6.10 Å². The lowest BCUT2D eigenvalue weighted by Gasteiger charge is -2.06. The van der Waals surface area contributed by atoms with E-state index in [9.17, 15) is 13.2 Å². The van der Waals surface area contributed by atoms with Gasteiger partial charge in [0, 0.05) is 6.92 Å². The highest BCUT2D eigenvalue weighted by Gasteiger charge is 2.18. The molecular formula is C18H24O5S. The van der Waals surface area contributed by atoms with E-state index in [2.05, 4.69) is 0 Å². The molecule has 0 heterocycles. The molecular weight excluding hydrogens is 328 g/mol. The highest BCUT2D eigenvalue weighted by molar-refractivity contribution is 7.86. The van der Waals surface area contributed by atoms with Gasteiger partial charge in [-0.25, -0.2) is 0 Å². The van der Waals surface area contributed by atoms with Crippen molar-refractivity contribution in [2.24, 2.45) is 0 Å². The number of rotatable bonds is 8. The minimum Gasteiger partial charge on any atom is -0.458 e. The van der Waals surface area contributed by atoms with Gasteiger partial charge in [-0.1, -0.05) is 23.3 Å². The third-order valence-electron chi connectivity index (χ3n) is 3.93. The van der Waals surface area contributed by atoms with Crippen LogP contribution in [0.3, 0.4) is 0 Å². The zero-order chi connectivity index (χ0) is 17.6. The van der Waals surface area contributed by atoms with Crippen molar-refractivity contribution in [1.82, 2.24) is 0 Å². The number of ether oxygens (including phenoxy) is 1. The van der Waals surface area contributed by atoms with Crippen LogP contribution in [0.5, 0.6) is 0 Å². The first-order valence-electron chi connectivity index (χ1n) is 8.20. The van der Waals surface area contributed by atoms with E-state index in [1.54, 1.807) is 24.3 Å². The third kappa shape index (κ3) is 5.76. The van der Waals surface area contributed by atoms with Gasteiger partial charge in [-0.2, -0.15) is 8.42 Å². The summed E-state index contributed by atoms with van der Waals surface area (Å²) in [6.07, 6.45) is 6.07. The summed E-state index contributed by atoms with van der Waals surface area (Å²) in [7, 11) is -3.67. The average molecular weight is 352 g/mol. The fourth-order valence-corrected chi connectivity index (χ4v) is 3.61. The van der Waals surface area contributed by atoms with E-state index in [0.29, 0.717) is 6.42 Å². The molecule has 0 saturated heterocycles. The van der Waals surface area contributed by atoms with Gasteiger partial charge in [0.15, 0.2) is 0 Å². The van der Waals surface area contributed by atoms with E-state index < -0.39 is 10.1 Å². The molecule has 1 atom stereocenters. The molecule has 0 saturated carbocycles. The second-order valence-corrected chi connectivity index (χ2v) is 7.67. The van der Waals surface area contributed by atoms with E-state index in [1.807, 2.05) is 13.0 Å². The minimum absolute atomic E-state index is 0.101. The summed E-state index contributed by atoms with van der Waals surface area (Å²) in [5, 5.41) is 0. The van der Waals surface area contributed by atoms with Crippen LogP contribution in [0.2, 0.25) is 0 Å². The molecule has 0 aromatic heterocycles. The van der Waals surface area contributed by atoms with Gasteiger partial charge in [0.2, 0.25) is 0 Å². The summed E-state index contributed by atoms with van der Waals surface area (Å²) >= 11 is 0. The van der Waals surface area contributed by atoms with Crippen molar-refractivity contribution in [1.29, 1.82) is 0 Å². The number of unbranched alkanes of at least 4 members (excludes halogenated alkanes) is 1. The normalized spacial score (nSPS) is 17.6. The van der Waals surface area contributed by atoms with Crippen molar-refractivity contribution in [3.63, 3.8) is 0 Å². The first kappa shape index (κ1) is 18.7. The molecule has 0 aliphatic heterocycles. The van der Waals surface area contributed by atoms with Crippen molar-refractivity contribution in [2.75, 3.05) is 6.61 Å². The Morgan fingerprint density at radius 3 is 2.58 bits per heavy atom. The van der Waals surface area contributed by atoms with Crippen LogP contribution >= 0.6 is 0 Å². The molecule has 0 spiro atoms. The second kappa shape index (κ2) is 8.44. The van der Waals surface area contributed by atoms with E-state index in [0.717, 1.165) is 31.2 Å². The van der Waals surface area contributed by atoms with Crippen molar-refractivity contribution in [3.8, 4) is 0 Å². The molecule has 6 heteroatoms. The summed E-state index contributed by atoms with van der Waals surface area (Å²) in [5.41, 5.74) is 2.27. The largest absolute Gasteiger partial charge is 0.458 e. The molecule has 0 N–H and O–H groups in total. The van der Waals surface area contributed by atoms with Crippen LogP contribution in [0.1, 0.15) is 44.6 Å². The maximum atomic E-state index is 12.0. The number of esters is 1. The van der Waals surface area contributed by atoms with Crippen LogP contribution in [0, 0.1) is 6.92 Å². The molecule has 1 aliphatic rings. The third-order valence-corrected chi connectivity index (χ3v) is 5.26. The number of aryl methyl sites for hydroxylation is 1. The quantitative estimate of drug-likeness (QED) is 0.310. The van der Waals surface area contributed by atoms with Crippen molar-refractivity contribution < 1.29 is 22.1 Å². The van der Waals surface area contributed by atoms with Crippen molar-refractivity contribution >= 4 is 16.1 Å². The van der Waals surface area contributed by atoms with Gasteiger partial charge in [-0.3, -0.25) is 8.98 Å². The number of benzene rings is 1. The summed E-state index contributed by atoms with van der Waals surface area (Å²) in [6, 6.07) is 6.62. The Labute approximate surface area is 143 Å². The van der Waals surface area contributed by atoms with E-state index >= 15 is 0 Å². The highest BCUT2D eigenvalue weighted by Crippen LogP contribution is 2.25. The zero-order valence-corrected chi connectivity index (χ0v) is 15.0. The zero-order valence-electron chi connectivity index (χ0n) is 14.2. The predicted molar refractivity (Wildman–Crippen MR) is 91.0 cm³/mol. The number of allylic oxidation sites excluding steroid dienone is 1. The Balaban J connectivity index is 1.70. The monoisotopic (exact) mass is 352 g/mol. The van der Waals surface area contributed by atoms with Gasteiger partial charge in [-0.05, 0) is 57.2 Å². The van der Waals surface area contributed by atoms with Crippen LogP contribution in [0.15, 0.2) is 40.8 Å². The minimum atomic E-state index is -3.67. The Morgan fingerprint density at radius 1 is 1.21 bits per heavy atom. The molecule has 0 amide bonds. The first-order valence-corrected chi connectivity index (χ1v) is 9.60. The molecule has 1 aromatic rings. The smallest absolute Gasteiger partial charge is 0.303 e. The summed E-state index contributed by atoms with van der Waals surface area (Å²) in [4.78, 5) is 11.1. The molecule has 0 fully saturated rings. The molecule has 0 radical (unpaired) electrons. The van der Waals surface area contributed by atoms with Gasteiger partial charge in [0.05, 0.1) is 11.5 Å². The van der Waals surface area contributed by atoms with Gasteiger partial charge >= 0.3 is 5.97 Å². The summed E-state index contributed by atoms with van der Waals surface area (Å²) in [6.45, 7) is 3.50. The molecule has 1 aliphatic carbocycles. The van der Waals surface area contributed by atoms with Crippen LogP contribution in [-0.2, 0) is 23.8 Å². The lowest BCUT2D eigenvalue weighted by molar-refractivity contribution is -0.144. The van der Waals surface area contributed by atoms with Crippen molar-refractivity contribution in [3.05, 3.63) is 41.5 Å². The van der Waals surface area contributed by atoms with Gasteiger partial charge in [0.25, 0.3) is 10.1 Å². The molecule has 1 unspecified atom stereocenters. The lowest BCUT2D eigenvalue weighted by atomic mass is 10.1. The van der Waals surface area contributed by atoms with Crippen LogP contribution in [0.25, 0.3) is 0 Å². The summed E-state index contributed by atoms with van der Waals surface area (Å²) < 4.78 is 34.3. The van der Waals surface area contributed by atoms with E-state index in [1.165, 1.54) is 12.5 Å². The molecule has 1 aromatic carbocycles. The Hall–Kier alpha value is -1.66. The van der Waals surface area contributed by atoms with E-state index in [-0.39, 0.29) is 23.6 Å². The molecule has 5 nitrogen and oxygen atoms in total. The van der Waals surface area contributed by atoms with Crippen LogP contribution in [0.4, 0.5) is 0 Å². The fraction of sp³-hybridized carbons (Fsp3) is 0.500. The van der Waals surface area contributed by atoms with E-state index in [4.69, 9.17) is 8.92 Å². The topological polar surface area (TPSA) is 69.7 Å². The maximum absolute atomic E-state index is 12.0. The molecule has 24 heavy (non-hydrogen) atoms. The van der Waals surface area contributed by atoms with Gasteiger partial charge in [-0.15, -0.1) is 0 Å². The lowest BCUT2D eigenvalue weighted by Crippen LogP contribution is -2.10. The maximum Gasteiger partial charge on any atom is 0.303 e. The molecule has 0 bridgehead atoms. The number of carbonyl (C=O) groups excluding carboxylic acids is 1. The standard InChI is InChI=1S/C18H24O5S/c1-14-6-10-18(11-7-14)24(20,21)22-12-4-3-5-16-8-9-17(13-16)23-15(2)19/h6-7,10-11,13,17H,3-5,8-9,12H2,1-2H3. The highest BCUT2D eigenvalue weighted by atomic mass is 32.2. The molecule has 132 valence electrons.